The van der Waals surface area contributed by atoms with E-state index in [0.717, 1.165) is 31.4 Å². The number of benzene rings is 1. The fraction of sp³-hybridized carbons (Fsp3) is 0.571. The smallest absolute Gasteiger partial charge is 0.120 e. The number of nitrogens with one attached hydrogen (secondary N) is 1. The number of hydrogen-bond acceptors (Lipinski definition) is 3. The summed E-state index contributed by atoms with van der Waals surface area (Å²) < 4.78 is 0. The van der Waals surface area contributed by atoms with Crippen LogP contribution >= 0.6 is 11.6 Å². The second kappa shape index (κ2) is 6.41. The summed E-state index contributed by atoms with van der Waals surface area (Å²) in [5, 5.41) is 23.4. The molecule has 1 aliphatic rings. The largest absolute Gasteiger partial charge is 0.508 e. The van der Waals surface area contributed by atoms with Gasteiger partial charge in [-0.15, -0.1) is 0 Å². The van der Waals surface area contributed by atoms with Crippen molar-refractivity contribution in [2.45, 2.75) is 38.3 Å². The van der Waals surface area contributed by atoms with Crippen LogP contribution in [0.25, 0.3) is 0 Å². The van der Waals surface area contributed by atoms with Crippen LogP contribution in [0.4, 0.5) is 0 Å². The van der Waals surface area contributed by atoms with Gasteiger partial charge < -0.3 is 15.5 Å². The van der Waals surface area contributed by atoms with Gasteiger partial charge in [0.15, 0.2) is 0 Å². The Hall–Kier alpha value is -0.770. The molecule has 0 amide bonds. The highest BCUT2D eigenvalue weighted by Gasteiger charge is 2.22. The molecule has 2 atom stereocenters. The summed E-state index contributed by atoms with van der Waals surface area (Å²) in [4.78, 5) is 0. The molecule has 0 heterocycles. The molecule has 0 aromatic heterocycles. The minimum absolute atomic E-state index is 0.181. The maximum atomic E-state index is 9.85. The first-order valence-electron chi connectivity index (χ1n) is 6.53. The predicted octanol–water partition coefficient (Wildman–Crippen LogP) is 2.69. The van der Waals surface area contributed by atoms with Gasteiger partial charge in [-0.05, 0) is 37.0 Å². The van der Waals surface area contributed by atoms with Crippen LogP contribution in [0.2, 0.25) is 5.02 Å². The van der Waals surface area contributed by atoms with E-state index < -0.39 is 0 Å². The summed E-state index contributed by atoms with van der Waals surface area (Å²) in [6.07, 6.45) is 4.14. The number of phenols is 1. The van der Waals surface area contributed by atoms with Crippen LogP contribution in [-0.2, 0) is 6.54 Å². The molecule has 0 spiro atoms. The lowest BCUT2D eigenvalue weighted by Crippen LogP contribution is -2.33. The highest BCUT2D eigenvalue weighted by Crippen LogP contribution is 2.24. The van der Waals surface area contributed by atoms with Gasteiger partial charge in [-0.1, -0.05) is 24.4 Å². The average molecular weight is 270 g/mol. The molecule has 4 heteroatoms. The van der Waals surface area contributed by atoms with Crippen molar-refractivity contribution in [3.8, 4) is 5.75 Å². The van der Waals surface area contributed by atoms with E-state index in [1.807, 2.05) is 0 Å². The molecule has 18 heavy (non-hydrogen) atoms. The van der Waals surface area contributed by atoms with Crippen molar-refractivity contribution in [1.82, 2.24) is 5.32 Å². The van der Waals surface area contributed by atoms with Gasteiger partial charge in [0.05, 0.1) is 6.10 Å². The monoisotopic (exact) mass is 269 g/mol. The number of rotatable bonds is 4. The third-order valence-corrected chi connectivity index (χ3v) is 3.87. The standard InChI is InChI=1S/C14H20ClNO2/c15-12-5-6-14(18)11(7-12)9-16-8-10-3-1-2-4-13(10)17/h5-7,10,13,16-18H,1-4,8-9H2. The molecule has 0 aliphatic heterocycles. The normalized spacial score (nSPS) is 24.1. The van der Waals surface area contributed by atoms with E-state index in [9.17, 15) is 10.2 Å². The third kappa shape index (κ3) is 3.61. The van der Waals surface area contributed by atoms with E-state index >= 15 is 0 Å². The molecule has 0 radical (unpaired) electrons. The van der Waals surface area contributed by atoms with Crippen molar-refractivity contribution < 1.29 is 10.2 Å². The molecule has 0 bridgehead atoms. The Labute approximate surface area is 113 Å². The highest BCUT2D eigenvalue weighted by molar-refractivity contribution is 6.30. The van der Waals surface area contributed by atoms with Crippen molar-refractivity contribution in [2.24, 2.45) is 5.92 Å². The van der Waals surface area contributed by atoms with Gasteiger partial charge in [-0.3, -0.25) is 0 Å². The molecule has 1 aromatic rings. The molecule has 3 N–H and O–H groups in total. The third-order valence-electron chi connectivity index (χ3n) is 3.63. The van der Waals surface area contributed by atoms with Crippen molar-refractivity contribution in [3.63, 3.8) is 0 Å². The van der Waals surface area contributed by atoms with Crippen LogP contribution in [0.15, 0.2) is 18.2 Å². The van der Waals surface area contributed by atoms with E-state index in [-0.39, 0.29) is 11.9 Å². The number of aliphatic hydroxyl groups excluding tert-OH is 1. The Morgan fingerprint density at radius 3 is 2.83 bits per heavy atom. The molecule has 2 unspecified atom stereocenters. The van der Waals surface area contributed by atoms with Gasteiger partial charge in [0.25, 0.3) is 0 Å². The van der Waals surface area contributed by atoms with Crippen molar-refractivity contribution in [1.29, 1.82) is 0 Å². The first-order valence-corrected chi connectivity index (χ1v) is 6.91. The molecule has 3 nitrogen and oxygen atoms in total. The first-order chi connectivity index (χ1) is 8.66. The van der Waals surface area contributed by atoms with Crippen molar-refractivity contribution in [3.05, 3.63) is 28.8 Å². The SMILES string of the molecule is Oc1ccc(Cl)cc1CNCC1CCCCC1O. The fourth-order valence-electron chi connectivity index (χ4n) is 2.51. The lowest BCUT2D eigenvalue weighted by molar-refractivity contribution is 0.0695. The van der Waals surface area contributed by atoms with Crippen LogP contribution < -0.4 is 5.32 Å². The molecule has 1 aromatic carbocycles. The molecular weight excluding hydrogens is 250 g/mol. The molecule has 1 aliphatic carbocycles. The van der Waals surface area contributed by atoms with Crippen LogP contribution in [0.3, 0.4) is 0 Å². The highest BCUT2D eigenvalue weighted by atomic mass is 35.5. The zero-order chi connectivity index (χ0) is 13.0. The first kappa shape index (κ1) is 13.7. The zero-order valence-electron chi connectivity index (χ0n) is 10.4. The fourth-order valence-corrected chi connectivity index (χ4v) is 2.71. The summed E-state index contributed by atoms with van der Waals surface area (Å²) in [5.74, 6) is 0.594. The van der Waals surface area contributed by atoms with Crippen molar-refractivity contribution in [2.75, 3.05) is 6.54 Å². The average Bonchev–Trinajstić information content (AvgIpc) is 2.36. The maximum absolute atomic E-state index is 9.85. The van der Waals surface area contributed by atoms with Gasteiger partial charge >= 0.3 is 0 Å². The van der Waals surface area contributed by atoms with E-state index in [4.69, 9.17) is 11.6 Å². The molecule has 0 saturated heterocycles. The predicted molar refractivity (Wildman–Crippen MR) is 72.8 cm³/mol. The lowest BCUT2D eigenvalue weighted by Gasteiger charge is -2.27. The minimum Gasteiger partial charge on any atom is -0.508 e. The van der Waals surface area contributed by atoms with Gasteiger partial charge in [0, 0.05) is 23.7 Å². The Morgan fingerprint density at radius 2 is 2.06 bits per heavy atom. The summed E-state index contributed by atoms with van der Waals surface area (Å²) in [5.41, 5.74) is 0.799. The Balaban J connectivity index is 1.82. The Kier molecular flexibility index (Phi) is 4.87. The van der Waals surface area contributed by atoms with Gasteiger partial charge in [-0.25, -0.2) is 0 Å². The number of aromatic hydroxyl groups is 1. The number of aliphatic hydroxyl groups is 1. The van der Waals surface area contributed by atoms with Crippen molar-refractivity contribution >= 4 is 11.6 Å². The molecule has 2 rings (SSSR count). The van der Waals surface area contributed by atoms with Crippen LogP contribution in [0.1, 0.15) is 31.2 Å². The van der Waals surface area contributed by atoms with Crippen LogP contribution in [0.5, 0.6) is 5.75 Å². The minimum atomic E-state index is -0.181. The second-order valence-electron chi connectivity index (χ2n) is 5.02. The quantitative estimate of drug-likeness (QED) is 0.788. The van der Waals surface area contributed by atoms with Gasteiger partial charge in [0.2, 0.25) is 0 Å². The van der Waals surface area contributed by atoms with E-state index in [2.05, 4.69) is 5.32 Å². The van der Waals surface area contributed by atoms with Crippen LogP contribution in [0, 0.1) is 5.92 Å². The summed E-state index contributed by atoms with van der Waals surface area (Å²) in [6.45, 7) is 1.36. The number of phenolic OH excluding ortho intramolecular Hbond substituents is 1. The molecular formula is C14H20ClNO2. The number of hydrogen-bond donors (Lipinski definition) is 3. The topological polar surface area (TPSA) is 52.5 Å². The van der Waals surface area contributed by atoms with Gasteiger partial charge in [0.1, 0.15) is 5.75 Å². The number of halogens is 1. The molecule has 1 saturated carbocycles. The maximum Gasteiger partial charge on any atom is 0.120 e. The van der Waals surface area contributed by atoms with Gasteiger partial charge in [-0.2, -0.15) is 0 Å². The Bertz CT molecular complexity index is 397. The van der Waals surface area contributed by atoms with Crippen LogP contribution in [-0.4, -0.2) is 22.9 Å². The molecule has 1 fully saturated rings. The summed E-state index contributed by atoms with van der Waals surface area (Å²) in [6, 6.07) is 5.04. The second-order valence-corrected chi connectivity index (χ2v) is 5.45. The zero-order valence-corrected chi connectivity index (χ0v) is 11.2. The van der Waals surface area contributed by atoms with E-state index in [1.165, 1.54) is 6.42 Å². The Morgan fingerprint density at radius 1 is 1.28 bits per heavy atom. The van der Waals surface area contributed by atoms with E-state index in [1.54, 1.807) is 18.2 Å². The summed E-state index contributed by atoms with van der Waals surface area (Å²) >= 11 is 5.89. The summed E-state index contributed by atoms with van der Waals surface area (Å²) in [7, 11) is 0. The molecule has 100 valence electrons. The lowest BCUT2D eigenvalue weighted by atomic mass is 9.86. The van der Waals surface area contributed by atoms with E-state index in [0.29, 0.717) is 17.5 Å².